The summed E-state index contributed by atoms with van der Waals surface area (Å²) >= 11 is 0. The molecule has 6 rings (SSSR count). The van der Waals surface area contributed by atoms with Crippen LogP contribution in [-0.4, -0.2) is 44.1 Å². The third kappa shape index (κ3) is 3.19. The van der Waals surface area contributed by atoms with Crippen molar-refractivity contribution in [3.8, 4) is 11.1 Å². The Hall–Kier alpha value is -4.01. The summed E-state index contributed by atoms with van der Waals surface area (Å²) in [5.74, 6) is 0.769. The van der Waals surface area contributed by atoms with Gasteiger partial charge in [-0.3, -0.25) is 14.5 Å². The maximum Gasteiger partial charge on any atom is 0.244 e. The number of anilines is 3. The number of rotatable bonds is 3. The summed E-state index contributed by atoms with van der Waals surface area (Å²) in [5.41, 5.74) is 9.28. The summed E-state index contributed by atoms with van der Waals surface area (Å²) in [4.78, 5) is 22.8. The van der Waals surface area contributed by atoms with Crippen molar-refractivity contribution in [3.05, 3.63) is 59.9 Å². The zero-order valence-electron chi connectivity index (χ0n) is 19.0. The summed E-state index contributed by atoms with van der Waals surface area (Å²) in [6.45, 7) is 2.85. The molecule has 1 fully saturated rings. The number of likely N-dealkylation sites (N-methyl/N-ethyl adjacent to an activating group) is 1. The van der Waals surface area contributed by atoms with E-state index >= 15 is 4.39 Å². The molecule has 0 saturated heterocycles. The van der Waals surface area contributed by atoms with E-state index in [9.17, 15) is 4.79 Å². The van der Waals surface area contributed by atoms with Crippen LogP contribution < -0.4 is 11.1 Å². The molecule has 4 aromatic rings. The number of nitrogens with one attached hydrogen (secondary N) is 1. The number of nitrogens with two attached hydrogens (primary N) is 1. The molecule has 1 amide bonds. The number of aryl methyl sites for hydroxylation is 1. The number of pyridine rings is 2. The first-order valence-corrected chi connectivity index (χ1v) is 11.2. The lowest BCUT2D eigenvalue weighted by molar-refractivity contribution is -0.130. The monoisotopic (exact) mass is 457 g/mol. The number of halogens is 1. The molecule has 1 spiro atoms. The summed E-state index contributed by atoms with van der Waals surface area (Å²) in [7, 11) is 1.85. The highest BCUT2D eigenvalue weighted by Gasteiger charge is 2.50. The zero-order valence-corrected chi connectivity index (χ0v) is 19.0. The Bertz CT molecular complexity index is 1470. The Labute approximate surface area is 195 Å². The minimum atomic E-state index is -0.478. The molecule has 3 N–H and O–H groups in total. The molecule has 0 radical (unpaired) electrons. The number of hydrogen-bond donors (Lipinski definition) is 2. The van der Waals surface area contributed by atoms with E-state index in [1.54, 1.807) is 34.2 Å². The second-order valence-corrected chi connectivity index (χ2v) is 9.36. The van der Waals surface area contributed by atoms with E-state index in [-0.39, 0.29) is 23.6 Å². The van der Waals surface area contributed by atoms with E-state index in [1.807, 2.05) is 32.2 Å². The molecule has 0 atom stereocenters. The first-order valence-electron chi connectivity index (χ1n) is 11.2. The molecule has 9 heteroatoms. The number of aromatic nitrogens is 4. The summed E-state index contributed by atoms with van der Waals surface area (Å²) in [5, 5.41) is 9.19. The lowest BCUT2D eigenvalue weighted by atomic mass is 9.98. The van der Waals surface area contributed by atoms with Crippen molar-refractivity contribution in [2.24, 2.45) is 0 Å². The van der Waals surface area contributed by atoms with Gasteiger partial charge in [0.1, 0.15) is 12.4 Å². The number of carbonyl (C=O) groups is 1. The van der Waals surface area contributed by atoms with E-state index in [0.717, 1.165) is 29.5 Å². The van der Waals surface area contributed by atoms with Crippen molar-refractivity contribution in [1.82, 2.24) is 24.6 Å². The molecular weight excluding hydrogens is 433 g/mol. The van der Waals surface area contributed by atoms with Crippen LogP contribution >= 0.6 is 0 Å². The molecule has 1 aromatic carbocycles. The minimum absolute atomic E-state index is 0.00683. The first-order chi connectivity index (χ1) is 16.3. The highest BCUT2D eigenvalue weighted by molar-refractivity contribution is 5.98. The molecule has 8 nitrogen and oxygen atoms in total. The second kappa shape index (κ2) is 7.24. The van der Waals surface area contributed by atoms with Crippen LogP contribution in [0.15, 0.2) is 42.9 Å². The van der Waals surface area contributed by atoms with Crippen molar-refractivity contribution < 1.29 is 9.18 Å². The van der Waals surface area contributed by atoms with Gasteiger partial charge in [0.15, 0.2) is 11.6 Å². The Morgan fingerprint density at radius 1 is 1.15 bits per heavy atom. The molecule has 4 heterocycles. The highest BCUT2D eigenvalue weighted by atomic mass is 19.1. The number of carbonyl (C=O) groups excluding carboxylic acids is 1. The lowest BCUT2D eigenvalue weighted by Crippen LogP contribution is -2.32. The fourth-order valence-electron chi connectivity index (χ4n) is 4.90. The van der Waals surface area contributed by atoms with Gasteiger partial charge in [-0.1, -0.05) is 0 Å². The Morgan fingerprint density at radius 2 is 1.97 bits per heavy atom. The number of nitrogens with zero attached hydrogens (tertiary/aromatic N) is 5. The highest BCUT2D eigenvalue weighted by Crippen LogP contribution is 2.50. The van der Waals surface area contributed by atoms with Crippen LogP contribution in [0.25, 0.3) is 21.9 Å². The van der Waals surface area contributed by atoms with E-state index < -0.39 is 5.82 Å². The largest absolute Gasteiger partial charge is 0.396 e. The van der Waals surface area contributed by atoms with Crippen LogP contribution in [0.5, 0.6) is 0 Å². The average molecular weight is 458 g/mol. The number of fused-ring (bicyclic) bond motifs is 3. The van der Waals surface area contributed by atoms with Crippen molar-refractivity contribution in [1.29, 1.82) is 0 Å². The Kier molecular flexibility index (Phi) is 4.39. The van der Waals surface area contributed by atoms with Crippen LogP contribution in [0.3, 0.4) is 0 Å². The van der Waals surface area contributed by atoms with Gasteiger partial charge < -0.3 is 16.0 Å². The van der Waals surface area contributed by atoms with Crippen LogP contribution in [0.4, 0.5) is 21.7 Å². The van der Waals surface area contributed by atoms with Crippen LogP contribution in [0.1, 0.15) is 24.1 Å². The zero-order chi connectivity index (χ0) is 23.6. The molecular formula is C25H24FN7O. The van der Waals surface area contributed by atoms with Crippen LogP contribution in [-0.2, 0) is 16.8 Å². The molecule has 1 saturated carbocycles. The SMILES string of the molecule is Cc1ccncc1-c1cc2cc(Nc3cc4n(n3)CC(=O)N(C)CC43CC3)ncc2c(N)c1F. The van der Waals surface area contributed by atoms with Gasteiger partial charge in [-0.15, -0.1) is 0 Å². The van der Waals surface area contributed by atoms with Gasteiger partial charge in [0.05, 0.1) is 5.69 Å². The van der Waals surface area contributed by atoms with Crippen molar-refractivity contribution >= 4 is 34.0 Å². The van der Waals surface area contributed by atoms with E-state index in [4.69, 9.17) is 5.73 Å². The first kappa shape index (κ1) is 20.6. The third-order valence-corrected chi connectivity index (χ3v) is 7.01. The number of amides is 1. The predicted octanol–water partition coefficient (Wildman–Crippen LogP) is 3.77. The standard InChI is InChI=1S/C25H24FN7O/c1-14-3-6-28-10-17(14)16-7-15-8-20(29-11-18(15)24(27)23(16)26)30-21-9-19-25(4-5-25)13-32(2)22(34)12-33(19)31-21/h3,6-11H,4-5,12-13,27H2,1-2H3,(H,29,30,31). The van der Waals surface area contributed by atoms with E-state index in [0.29, 0.717) is 34.7 Å². The summed E-state index contributed by atoms with van der Waals surface area (Å²) in [6, 6.07) is 7.45. The van der Waals surface area contributed by atoms with Crippen LogP contribution in [0.2, 0.25) is 0 Å². The second-order valence-electron chi connectivity index (χ2n) is 9.36. The topological polar surface area (TPSA) is 102 Å². The average Bonchev–Trinajstić information content (AvgIpc) is 3.50. The molecule has 1 aliphatic carbocycles. The molecule has 34 heavy (non-hydrogen) atoms. The maximum atomic E-state index is 15.1. The number of hydrogen-bond acceptors (Lipinski definition) is 6. The molecule has 3 aromatic heterocycles. The van der Waals surface area contributed by atoms with Gasteiger partial charge in [0.25, 0.3) is 0 Å². The normalized spacial score (nSPS) is 16.6. The van der Waals surface area contributed by atoms with Gasteiger partial charge in [0, 0.05) is 65.9 Å². The van der Waals surface area contributed by atoms with Gasteiger partial charge in [0.2, 0.25) is 5.91 Å². The van der Waals surface area contributed by atoms with Crippen molar-refractivity contribution in [2.45, 2.75) is 31.7 Å². The van der Waals surface area contributed by atoms with Gasteiger partial charge >= 0.3 is 0 Å². The number of nitrogen functional groups attached to an aromatic ring is 1. The quantitative estimate of drug-likeness (QED) is 0.454. The third-order valence-electron chi connectivity index (χ3n) is 7.01. The predicted molar refractivity (Wildman–Crippen MR) is 128 cm³/mol. The number of benzene rings is 1. The molecule has 2 aliphatic rings. The van der Waals surface area contributed by atoms with Crippen molar-refractivity contribution in [3.63, 3.8) is 0 Å². The summed E-state index contributed by atoms with van der Waals surface area (Å²) < 4.78 is 16.9. The smallest absolute Gasteiger partial charge is 0.244 e. The Morgan fingerprint density at radius 3 is 2.74 bits per heavy atom. The molecule has 1 aliphatic heterocycles. The molecule has 0 unspecified atom stereocenters. The van der Waals surface area contributed by atoms with E-state index in [2.05, 4.69) is 20.4 Å². The van der Waals surface area contributed by atoms with Gasteiger partial charge in [-0.2, -0.15) is 5.10 Å². The molecule has 172 valence electrons. The Balaban J connectivity index is 1.38. The molecule has 0 bridgehead atoms. The van der Waals surface area contributed by atoms with E-state index in [1.165, 1.54) is 0 Å². The van der Waals surface area contributed by atoms with Gasteiger partial charge in [-0.05, 0) is 48.9 Å². The van der Waals surface area contributed by atoms with Crippen LogP contribution in [0, 0.1) is 12.7 Å². The lowest BCUT2D eigenvalue weighted by Gasteiger charge is -2.18. The summed E-state index contributed by atoms with van der Waals surface area (Å²) in [6.07, 6.45) is 6.98. The van der Waals surface area contributed by atoms with Crippen molar-refractivity contribution in [2.75, 3.05) is 24.6 Å². The fourth-order valence-corrected chi connectivity index (χ4v) is 4.90. The fraction of sp³-hybridized carbons (Fsp3) is 0.280. The maximum absolute atomic E-state index is 15.1. The van der Waals surface area contributed by atoms with Gasteiger partial charge in [-0.25, -0.2) is 9.37 Å². The minimum Gasteiger partial charge on any atom is -0.396 e.